The zero-order chi connectivity index (χ0) is 10.1. The zero-order valence-electron chi connectivity index (χ0n) is 7.24. The molecule has 2 heterocycles. The van der Waals surface area contributed by atoms with Gasteiger partial charge in [0.1, 0.15) is 30.1 Å². The van der Waals surface area contributed by atoms with E-state index in [1.807, 2.05) is 0 Å². The summed E-state index contributed by atoms with van der Waals surface area (Å²) >= 11 is 0. The second-order valence-corrected chi connectivity index (χ2v) is 3.15. The van der Waals surface area contributed by atoms with Crippen LogP contribution in [0.25, 0.3) is 0 Å². The number of aliphatic hydroxyl groups is 3. The molecule has 0 amide bonds. The fraction of sp³-hybridized carbons (Fsp3) is 0.714. The number of H-pyrrole nitrogens is 1. The Morgan fingerprint density at radius 1 is 1.43 bits per heavy atom. The van der Waals surface area contributed by atoms with Crippen molar-refractivity contribution in [1.29, 1.82) is 0 Å². The van der Waals surface area contributed by atoms with Crippen molar-refractivity contribution in [3.05, 3.63) is 11.9 Å². The number of rotatable bonds is 2. The van der Waals surface area contributed by atoms with Crippen LogP contribution in [0.15, 0.2) is 6.20 Å². The smallest absolute Gasteiger partial charge is 0.132 e. The van der Waals surface area contributed by atoms with Gasteiger partial charge in [-0.1, -0.05) is 0 Å². The molecule has 4 atom stereocenters. The monoisotopic (exact) mass is 201 g/mol. The Morgan fingerprint density at radius 2 is 2.21 bits per heavy atom. The summed E-state index contributed by atoms with van der Waals surface area (Å²) in [5.74, 6) is 0. The summed E-state index contributed by atoms with van der Waals surface area (Å²) in [4.78, 5) is 0. The van der Waals surface area contributed by atoms with Gasteiger partial charge in [-0.2, -0.15) is 15.4 Å². The predicted octanol–water partition coefficient (Wildman–Crippen LogP) is -2.04. The number of hydrogen-bond acceptors (Lipinski definition) is 6. The number of aromatic amines is 1. The Balaban J connectivity index is 2.16. The average Bonchev–Trinajstić information content (AvgIpc) is 2.78. The molecule has 0 saturated carbocycles. The van der Waals surface area contributed by atoms with Crippen LogP contribution in [-0.4, -0.2) is 55.6 Å². The van der Waals surface area contributed by atoms with Gasteiger partial charge in [0.2, 0.25) is 0 Å². The molecule has 1 aromatic rings. The standard InChI is InChI=1S/C7H11N3O4/c11-2-4-5(12)6(13)7(14-4)3-1-8-10-9-3/h1,4-7,11-13H,2H2,(H,8,9,10)/t4-,5-,6-,7?/m0/s1. The van der Waals surface area contributed by atoms with Crippen LogP contribution in [0.3, 0.4) is 0 Å². The van der Waals surface area contributed by atoms with Crippen molar-refractivity contribution in [2.24, 2.45) is 0 Å². The highest BCUT2D eigenvalue weighted by Gasteiger charge is 2.44. The van der Waals surface area contributed by atoms with Crippen LogP contribution in [0.4, 0.5) is 0 Å². The van der Waals surface area contributed by atoms with E-state index in [1.165, 1.54) is 6.20 Å². The SMILES string of the molecule is OC[C@@H]1OC(c2cn[nH]n2)[C@@H](O)[C@H]1O. The van der Waals surface area contributed by atoms with Crippen LogP contribution in [0, 0.1) is 0 Å². The highest BCUT2D eigenvalue weighted by Crippen LogP contribution is 2.31. The Kier molecular flexibility index (Phi) is 2.46. The van der Waals surface area contributed by atoms with Crippen LogP contribution in [0.5, 0.6) is 0 Å². The molecule has 0 spiro atoms. The topological polar surface area (TPSA) is 111 Å². The molecule has 0 aromatic carbocycles. The Morgan fingerprint density at radius 3 is 2.71 bits per heavy atom. The predicted molar refractivity (Wildman–Crippen MR) is 43.1 cm³/mol. The number of hydrogen-bond donors (Lipinski definition) is 4. The maximum absolute atomic E-state index is 9.56. The van der Waals surface area contributed by atoms with E-state index in [-0.39, 0.29) is 6.61 Å². The maximum Gasteiger partial charge on any atom is 0.132 e. The molecule has 14 heavy (non-hydrogen) atoms. The minimum Gasteiger partial charge on any atom is -0.394 e. The van der Waals surface area contributed by atoms with Crippen molar-refractivity contribution in [3.63, 3.8) is 0 Å². The van der Waals surface area contributed by atoms with Crippen LogP contribution in [-0.2, 0) is 4.74 Å². The van der Waals surface area contributed by atoms with E-state index < -0.39 is 24.4 Å². The summed E-state index contributed by atoms with van der Waals surface area (Å²) < 4.78 is 5.21. The summed E-state index contributed by atoms with van der Waals surface area (Å²) in [6.07, 6.45) is -2.29. The Hall–Kier alpha value is -1.02. The van der Waals surface area contributed by atoms with E-state index in [9.17, 15) is 10.2 Å². The Labute approximate surface area is 79.3 Å². The third kappa shape index (κ3) is 1.40. The average molecular weight is 201 g/mol. The first-order valence-electron chi connectivity index (χ1n) is 4.22. The van der Waals surface area contributed by atoms with Gasteiger partial charge in [0, 0.05) is 0 Å². The summed E-state index contributed by atoms with van der Waals surface area (Å²) in [6.45, 7) is -0.341. The molecular formula is C7H11N3O4. The third-order valence-electron chi connectivity index (χ3n) is 2.27. The summed E-state index contributed by atoms with van der Waals surface area (Å²) in [5.41, 5.74) is 0.410. The van der Waals surface area contributed by atoms with Crippen molar-refractivity contribution >= 4 is 0 Å². The van der Waals surface area contributed by atoms with E-state index in [4.69, 9.17) is 9.84 Å². The molecule has 1 aliphatic rings. The summed E-state index contributed by atoms with van der Waals surface area (Å²) in [7, 11) is 0. The van der Waals surface area contributed by atoms with Crippen molar-refractivity contribution in [2.45, 2.75) is 24.4 Å². The van der Waals surface area contributed by atoms with E-state index in [0.29, 0.717) is 5.69 Å². The van der Waals surface area contributed by atoms with Crippen molar-refractivity contribution in [3.8, 4) is 0 Å². The van der Waals surface area contributed by atoms with Crippen molar-refractivity contribution < 1.29 is 20.1 Å². The molecule has 1 saturated heterocycles. The molecule has 1 aromatic heterocycles. The minimum absolute atomic E-state index is 0.341. The number of aromatic nitrogens is 3. The van der Waals surface area contributed by atoms with Gasteiger partial charge in [0.25, 0.3) is 0 Å². The first-order chi connectivity index (χ1) is 6.74. The van der Waals surface area contributed by atoms with Gasteiger partial charge in [0.05, 0.1) is 12.8 Å². The van der Waals surface area contributed by atoms with Crippen molar-refractivity contribution in [2.75, 3.05) is 6.61 Å². The van der Waals surface area contributed by atoms with Gasteiger partial charge in [0.15, 0.2) is 0 Å². The lowest BCUT2D eigenvalue weighted by Gasteiger charge is -2.10. The second-order valence-electron chi connectivity index (χ2n) is 3.15. The van der Waals surface area contributed by atoms with Gasteiger partial charge in [-0.05, 0) is 0 Å². The largest absolute Gasteiger partial charge is 0.394 e. The zero-order valence-corrected chi connectivity index (χ0v) is 7.24. The molecule has 7 heteroatoms. The lowest BCUT2D eigenvalue weighted by Crippen LogP contribution is -2.32. The summed E-state index contributed by atoms with van der Waals surface area (Å²) in [5, 5.41) is 37.5. The third-order valence-corrected chi connectivity index (χ3v) is 2.27. The molecule has 78 valence electrons. The number of nitrogens with zero attached hydrogens (tertiary/aromatic N) is 2. The Bertz CT molecular complexity index is 291. The highest BCUT2D eigenvalue weighted by atomic mass is 16.6. The molecule has 4 N–H and O–H groups in total. The number of ether oxygens (including phenoxy) is 1. The molecule has 0 bridgehead atoms. The van der Waals surface area contributed by atoms with Gasteiger partial charge in [-0.3, -0.25) is 0 Å². The molecule has 7 nitrogen and oxygen atoms in total. The molecule has 2 rings (SSSR count). The minimum atomic E-state index is -1.10. The van der Waals surface area contributed by atoms with E-state index in [1.54, 1.807) is 0 Å². The number of nitrogens with one attached hydrogen (secondary N) is 1. The van der Waals surface area contributed by atoms with Gasteiger partial charge in [-0.15, -0.1) is 0 Å². The quantitative estimate of drug-likeness (QED) is 0.438. The van der Waals surface area contributed by atoms with Crippen LogP contribution in [0.1, 0.15) is 11.8 Å². The molecule has 1 unspecified atom stereocenters. The fourth-order valence-electron chi connectivity index (χ4n) is 1.49. The molecular weight excluding hydrogens is 190 g/mol. The summed E-state index contributed by atoms with van der Waals surface area (Å²) in [6, 6.07) is 0. The first kappa shape index (κ1) is 9.53. The molecule has 1 aliphatic heterocycles. The number of aliphatic hydroxyl groups excluding tert-OH is 3. The lowest BCUT2D eigenvalue weighted by molar-refractivity contribution is -0.0239. The van der Waals surface area contributed by atoms with Gasteiger partial charge >= 0.3 is 0 Å². The van der Waals surface area contributed by atoms with Gasteiger partial charge < -0.3 is 20.1 Å². The normalized spacial score (nSPS) is 37.6. The van der Waals surface area contributed by atoms with Gasteiger partial charge in [-0.25, -0.2) is 0 Å². The first-order valence-corrected chi connectivity index (χ1v) is 4.22. The van der Waals surface area contributed by atoms with E-state index >= 15 is 0 Å². The highest BCUT2D eigenvalue weighted by molar-refractivity contribution is 5.05. The molecule has 0 aliphatic carbocycles. The fourth-order valence-corrected chi connectivity index (χ4v) is 1.49. The van der Waals surface area contributed by atoms with Crippen LogP contribution < -0.4 is 0 Å². The van der Waals surface area contributed by atoms with Crippen LogP contribution >= 0.6 is 0 Å². The lowest BCUT2D eigenvalue weighted by atomic mass is 10.1. The molecule has 1 fully saturated rings. The maximum atomic E-state index is 9.56. The second kappa shape index (κ2) is 3.62. The van der Waals surface area contributed by atoms with E-state index in [2.05, 4.69) is 15.4 Å². The van der Waals surface area contributed by atoms with Crippen molar-refractivity contribution in [1.82, 2.24) is 15.4 Å². The van der Waals surface area contributed by atoms with E-state index in [0.717, 1.165) is 0 Å². The molecule has 0 radical (unpaired) electrons. The van der Waals surface area contributed by atoms with Crippen LogP contribution in [0.2, 0.25) is 0 Å².